The number of ether oxygens (including phenoxy) is 1. The molecule has 2 heterocycles. The summed E-state index contributed by atoms with van der Waals surface area (Å²) < 4.78 is 10.3. The van der Waals surface area contributed by atoms with E-state index >= 15 is 0 Å². The molecule has 0 bridgehead atoms. The zero-order valence-electron chi connectivity index (χ0n) is 13.5. The maximum absolute atomic E-state index is 12.1. The van der Waals surface area contributed by atoms with E-state index in [1.165, 1.54) is 0 Å². The fraction of sp³-hybridized carbons (Fsp3) is 0.111. The van der Waals surface area contributed by atoms with Gasteiger partial charge in [0.05, 0.1) is 24.9 Å². The van der Waals surface area contributed by atoms with Crippen molar-refractivity contribution in [3.8, 4) is 5.75 Å². The number of aromatic nitrogens is 3. The number of benzene rings is 1. The minimum Gasteiger partial charge on any atom is -0.495 e. The molecule has 2 aromatic heterocycles. The third-order valence-electron chi connectivity index (χ3n) is 3.27. The quantitative estimate of drug-likeness (QED) is 0.744. The number of pyridine rings is 1. The van der Waals surface area contributed by atoms with Gasteiger partial charge in [-0.25, -0.2) is 0 Å². The lowest BCUT2D eigenvalue weighted by Gasteiger charge is -2.08. The molecule has 7 heteroatoms. The minimum absolute atomic E-state index is 0.00102. The van der Waals surface area contributed by atoms with Crippen LogP contribution in [0, 0.1) is 0 Å². The van der Waals surface area contributed by atoms with Gasteiger partial charge in [-0.15, -0.1) is 0 Å². The van der Waals surface area contributed by atoms with Crippen molar-refractivity contribution in [1.82, 2.24) is 15.1 Å². The lowest BCUT2D eigenvalue weighted by atomic mass is 10.2. The zero-order valence-corrected chi connectivity index (χ0v) is 13.5. The van der Waals surface area contributed by atoms with Gasteiger partial charge in [-0.1, -0.05) is 23.4 Å². The average molecular weight is 336 g/mol. The number of nitrogens with one attached hydrogen (secondary N) is 1. The summed E-state index contributed by atoms with van der Waals surface area (Å²) in [4.78, 5) is 20.4. The van der Waals surface area contributed by atoms with E-state index in [0.29, 0.717) is 23.2 Å². The molecule has 0 aliphatic heterocycles. The Balaban J connectivity index is 1.61. The molecule has 0 aliphatic rings. The van der Waals surface area contributed by atoms with Gasteiger partial charge in [0.1, 0.15) is 5.75 Å². The van der Waals surface area contributed by atoms with E-state index < -0.39 is 0 Å². The molecule has 0 unspecified atom stereocenters. The van der Waals surface area contributed by atoms with Gasteiger partial charge in [0.2, 0.25) is 5.91 Å². The standard InChI is InChI=1S/C18H16N4O3/c1-24-15-8-3-2-7-14(15)20-17(23)12-16-21-18(25-22-16)10-9-13-6-4-5-11-19-13/h2-11H,12H2,1H3,(H,20,23). The van der Waals surface area contributed by atoms with Crippen LogP contribution in [0.3, 0.4) is 0 Å². The maximum atomic E-state index is 12.1. The maximum Gasteiger partial charge on any atom is 0.250 e. The molecule has 25 heavy (non-hydrogen) atoms. The summed E-state index contributed by atoms with van der Waals surface area (Å²) >= 11 is 0. The van der Waals surface area contributed by atoms with E-state index in [9.17, 15) is 4.79 Å². The molecule has 0 spiro atoms. The van der Waals surface area contributed by atoms with E-state index in [2.05, 4.69) is 20.4 Å². The predicted octanol–water partition coefficient (Wildman–Crippen LogP) is 2.82. The van der Waals surface area contributed by atoms with Crippen LogP contribution >= 0.6 is 0 Å². The summed E-state index contributed by atoms with van der Waals surface area (Å²) in [5.74, 6) is 0.937. The molecule has 0 saturated heterocycles. The number of rotatable bonds is 6. The van der Waals surface area contributed by atoms with Crippen LogP contribution in [0.2, 0.25) is 0 Å². The van der Waals surface area contributed by atoms with E-state index in [1.54, 1.807) is 37.6 Å². The van der Waals surface area contributed by atoms with Crippen LogP contribution in [0.15, 0.2) is 53.2 Å². The van der Waals surface area contributed by atoms with Gasteiger partial charge in [-0.05, 0) is 30.3 Å². The molecule has 0 saturated carbocycles. The zero-order chi connectivity index (χ0) is 17.5. The first-order valence-electron chi connectivity index (χ1n) is 7.59. The molecule has 0 atom stereocenters. The Morgan fingerprint density at radius 2 is 2.04 bits per heavy atom. The first-order chi connectivity index (χ1) is 12.2. The van der Waals surface area contributed by atoms with Gasteiger partial charge >= 0.3 is 0 Å². The summed E-state index contributed by atoms with van der Waals surface area (Å²) in [5, 5.41) is 6.57. The third-order valence-corrected chi connectivity index (χ3v) is 3.27. The average Bonchev–Trinajstić information content (AvgIpc) is 3.08. The van der Waals surface area contributed by atoms with Crippen molar-refractivity contribution in [2.45, 2.75) is 6.42 Å². The van der Waals surface area contributed by atoms with Crippen molar-refractivity contribution in [3.63, 3.8) is 0 Å². The molecule has 3 rings (SSSR count). The number of nitrogens with zero attached hydrogens (tertiary/aromatic N) is 3. The molecule has 0 aliphatic carbocycles. The largest absolute Gasteiger partial charge is 0.495 e. The van der Waals surface area contributed by atoms with Gasteiger partial charge in [0.15, 0.2) is 5.82 Å². The highest BCUT2D eigenvalue weighted by molar-refractivity contribution is 5.93. The SMILES string of the molecule is COc1ccccc1NC(=O)Cc1noc(C=Cc2ccccn2)n1. The third kappa shape index (κ3) is 4.51. The second kappa shape index (κ2) is 7.87. The van der Waals surface area contributed by atoms with E-state index in [4.69, 9.17) is 9.26 Å². The number of para-hydroxylation sites is 2. The van der Waals surface area contributed by atoms with E-state index in [0.717, 1.165) is 5.69 Å². The molecule has 1 amide bonds. The first kappa shape index (κ1) is 16.4. The lowest BCUT2D eigenvalue weighted by Crippen LogP contribution is -2.15. The number of amides is 1. The number of hydrogen-bond acceptors (Lipinski definition) is 6. The molecule has 0 radical (unpaired) electrons. The van der Waals surface area contributed by atoms with Gasteiger partial charge in [0, 0.05) is 12.3 Å². The van der Waals surface area contributed by atoms with Crippen molar-refractivity contribution < 1.29 is 14.1 Å². The van der Waals surface area contributed by atoms with Crippen molar-refractivity contribution in [2.24, 2.45) is 0 Å². The molecule has 1 N–H and O–H groups in total. The summed E-state index contributed by atoms with van der Waals surface area (Å²) in [6.07, 6.45) is 5.10. The molecular formula is C18H16N4O3. The van der Waals surface area contributed by atoms with Crippen LogP contribution in [0.5, 0.6) is 5.75 Å². The van der Waals surface area contributed by atoms with Gasteiger partial charge in [0.25, 0.3) is 5.89 Å². The van der Waals surface area contributed by atoms with Crippen molar-refractivity contribution >= 4 is 23.7 Å². The molecule has 7 nitrogen and oxygen atoms in total. The lowest BCUT2D eigenvalue weighted by molar-refractivity contribution is -0.115. The highest BCUT2D eigenvalue weighted by atomic mass is 16.5. The Hall–Kier alpha value is -3.48. The summed E-state index contributed by atoms with van der Waals surface area (Å²) in [6, 6.07) is 12.7. The van der Waals surface area contributed by atoms with E-state index in [1.807, 2.05) is 30.3 Å². The van der Waals surface area contributed by atoms with E-state index in [-0.39, 0.29) is 12.3 Å². The smallest absolute Gasteiger partial charge is 0.250 e. The van der Waals surface area contributed by atoms with Gasteiger partial charge in [-0.2, -0.15) is 4.98 Å². The second-order valence-electron chi connectivity index (χ2n) is 5.06. The summed E-state index contributed by atoms with van der Waals surface area (Å²) in [7, 11) is 1.55. The molecule has 0 fully saturated rings. The molecule has 126 valence electrons. The Morgan fingerprint density at radius 1 is 1.20 bits per heavy atom. The van der Waals surface area contributed by atoms with Gasteiger partial charge < -0.3 is 14.6 Å². The minimum atomic E-state index is -0.259. The highest BCUT2D eigenvalue weighted by Crippen LogP contribution is 2.23. The van der Waals surface area contributed by atoms with Crippen LogP contribution in [-0.2, 0) is 11.2 Å². The number of carbonyl (C=O) groups is 1. The van der Waals surface area contributed by atoms with Crippen LogP contribution < -0.4 is 10.1 Å². The number of hydrogen-bond donors (Lipinski definition) is 1. The predicted molar refractivity (Wildman–Crippen MR) is 92.8 cm³/mol. The Labute approximate surface area is 144 Å². The topological polar surface area (TPSA) is 90.1 Å². The van der Waals surface area contributed by atoms with Crippen molar-refractivity contribution in [3.05, 3.63) is 66.1 Å². The van der Waals surface area contributed by atoms with Crippen molar-refractivity contribution in [2.75, 3.05) is 12.4 Å². The normalized spacial score (nSPS) is 10.8. The Bertz CT molecular complexity index is 875. The van der Waals surface area contributed by atoms with Crippen LogP contribution in [0.4, 0.5) is 5.69 Å². The Morgan fingerprint density at radius 3 is 2.84 bits per heavy atom. The van der Waals surface area contributed by atoms with Crippen LogP contribution in [0.25, 0.3) is 12.2 Å². The van der Waals surface area contributed by atoms with Crippen LogP contribution in [-0.4, -0.2) is 28.1 Å². The molecular weight excluding hydrogens is 320 g/mol. The first-order valence-corrected chi connectivity index (χ1v) is 7.59. The van der Waals surface area contributed by atoms with Gasteiger partial charge in [-0.3, -0.25) is 9.78 Å². The second-order valence-corrected chi connectivity index (χ2v) is 5.06. The highest BCUT2D eigenvalue weighted by Gasteiger charge is 2.12. The fourth-order valence-electron chi connectivity index (χ4n) is 2.12. The van der Waals surface area contributed by atoms with Crippen LogP contribution in [0.1, 0.15) is 17.4 Å². The van der Waals surface area contributed by atoms with Crippen molar-refractivity contribution in [1.29, 1.82) is 0 Å². The Kier molecular flexibility index (Phi) is 5.16. The fourth-order valence-corrected chi connectivity index (χ4v) is 2.12. The monoisotopic (exact) mass is 336 g/mol. The number of methoxy groups -OCH3 is 1. The summed E-state index contributed by atoms with van der Waals surface area (Å²) in [5.41, 5.74) is 1.37. The summed E-state index contributed by atoms with van der Waals surface area (Å²) in [6.45, 7) is 0. The number of carbonyl (C=O) groups excluding carboxylic acids is 1. The number of anilines is 1. The molecule has 1 aromatic carbocycles. The molecule has 3 aromatic rings.